The molecule has 0 unspecified atom stereocenters. The number of halogens is 2. The molecule has 0 saturated carbocycles. The average molecular weight is 263 g/mol. The SMILES string of the molecule is CNCC(=O)c1ccc(Cl)cc1Br. The molecule has 1 rings (SSSR count). The number of likely N-dealkylation sites (N-methyl/N-ethyl adjacent to an activating group) is 1. The van der Waals surface area contributed by atoms with Crippen LogP contribution in [-0.4, -0.2) is 19.4 Å². The molecular weight excluding hydrogens is 253 g/mol. The van der Waals surface area contributed by atoms with Crippen LogP contribution in [0.2, 0.25) is 5.02 Å². The number of benzene rings is 1. The number of Topliss-reactive ketones (excluding diaryl/α,β-unsaturated/α-hetero) is 1. The van der Waals surface area contributed by atoms with Crippen molar-refractivity contribution in [1.29, 1.82) is 0 Å². The van der Waals surface area contributed by atoms with Gasteiger partial charge in [0.15, 0.2) is 5.78 Å². The standard InChI is InChI=1S/C9H9BrClNO/c1-12-5-9(13)7-3-2-6(11)4-8(7)10/h2-4,12H,5H2,1H3. The van der Waals surface area contributed by atoms with Crippen LogP contribution in [0.25, 0.3) is 0 Å². The largest absolute Gasteiger partial charge is 0.313 e. The molecule has 0 atom stereocenters. The van der Waals surface area contributed by atoms with Crippen molar-refractivity contribution in [3.63, 3.8) is 0 Å². The lowest BCUT2D eigenvalue weighted by Gasteiger charge is -2.02. The summed E-state index contributed by atoms with van der Waals surface area (Å²) in [6, 6.07) is 5.13. The fourth-order valence-electron chi connectivity index (χ4n) is 0.971. The summed E-state index contributed by atoms with van der Waals surface area (Å²) < 4.78 is 0.736. The van der Waals surface area contributed by atoms with Gasteiger partial charge in [0, 0.05) is 15.1 Å². The molecule has 0 aliphatic carbocycles. The maximum atomic E-state index is 11.4. The topological polar surface area (TPSA) is 29.1 Å². The zero-order valence-corrected chi connectivity index (χ0v) is 9.45. The summed E-state index contributed by atoms with van der Waals surface area (Å²) in [6.45, 7) is 0.334. The predicted octanol–water partition coefficient (Wildman–Crippen LogP) is 2.50. The first-order valence-electron chi connectivity index (χ1n) is 3.78. The molecular formula is C9H9BrClNO. The minimum atomic E-state index is 0.0473. The lowest BCUT2D eigenvalue weighted by Crippen LogP contribution is -2.18. The molecule has 70 valence electrons. The van der Waals surface area contributed by atoms with Crippen molar-refractivity contribution in [1.82, 2.24) is 5.32 Å². The number of hydrogen-bond acceptors (Lipinski definition) is 2. The van der Waals surface area contributed by atoms with Crippen LogP contribution in [0.3, 0.4) is 0 Å². The second-order valence-electron chi connectivity index (χ2n) is 2.58. The molecule has 0 amide bonds. The van der Waals surface area contributed by atoms with Crippen molar-refractivity contribution in [3.8, 4) is 0 Å². The Kier molecular flexibility index (Phi) is 3.90. The number of nitrogens with one attached hydrogen (secondary N) is 1. The van der Waals surface area contributed by atoms with E-state index >= 15 is 0 Å². The van der Waals surface area contributed by atoms with Crippen LogP contribution >= 0.6 is 27.5 Å². The smallest absolute Gasteiger partial charge is 0.177 e. The minimum absolute atomic E-state index is 0.0473. The minimum Gasteiger partial charge on any atom is -0.313 e. The van der Waals surface area contributed by atoms with Crippen molar-refractivity contribution in [2.45, 2.75) is 0 Å². The molecule has 1 aromatic carbocycles. The van der Waals surface area contributed by atoms with E-state index in [-0.39, 0.29) is 5.78 Å². The Bertz CT molecular complexity index is 327. The molecule has 2 nitrogen and oxygen atoms in total. The van der Waals surface area contributed by atoms with E-state index in [0.29, 0.717) is 17.1 Å². The van der Waals surface area contributed by atoms with Gasteiger partial charge in [-0.05, 0) is 41.2 Å². The summed E-state index contributed by atoms with van der Waals surface area (Å²) in [7, 11) is 1.74. The average Bonchev–Trinajstić information content (AvgIpc) is 2.04. The molecule has 0 heterocycles. The maximum absolute atomic E-state index is 11.4. The Morgan fingerprint density at radius 2 is 2.31 bits per heavy atom. The highest BCUT2D eigenvalue weighted by molar-refractivity contribution is 9.10. The van der Waals surface area contributed by atoms with Crippen molar-refractivity contribution in [3.05, 3.63) is 33.3 Å². The first-order chi connectivity index (χ1) is 6.15. The van der Waals surface area contributed by atoms with Crippen LogP contribution in [0.5, 0.6) is 0 Å². The van der Waals surface area contributed by atoms with Gasteiger partial charge in [0.25, 0.3) is 0 Å². The molecule has 0 radical (unpaired) electrons. The molecule has 0 spiro atoms. The third-order valence-electron chi connectivity index (χ3n) is 1.57. The number of carbonyl (C=O) groups is 1. The van der Waals surface area contributed by atoms with Gasteiger partial charge < -0.3 is 5.32 Å². The molecule has 0 bridgehead atoms. The third-order valence-corrected chi connectivity index (χ3v) is 2.46. The zero-order chi connectivity index (χ0) is 9.84. The van der Waals surface area contributed by atoms with Gasteiger partial charge >= 0.3 is 0 Å². The third kappa shape index (κ3) is 2.79. The quantitative estimate of drug-likeness (QED) is 0.848. The summed E-state index contributed by atoms with van der Waals surface area (Å²) in [6.07, 6.45) is 0. The van der Waals surface area contributed by atoms with Crippen LogP contribution < -0.4 is 5.32 Å². The molecule has 0 aliphatic rings. The molecule has 13 heavy (non-hydrogen) atoms. The fraction of sp³-hybridized carbons (Fsp3) is 0.222. The lowest BCUT2D eigenvalue weighted by atomic mass is 10.1. The van der Waals surface area contributed by atoms with Gasteiger partial charge in [-0.2, -0.15) is 0 Å². The summed E-state index contributed by atoms with van der Waals surface area (Å²) in [5, 5.41) is 3.42. The molecule has 0 saturated heterocycles. The van der Waals surface area contributed by atoms with Gasteiger partial charge in [0.1, 0.15) is 0 Å². The van der Waals surface area contributed by atoms with Gasteiger partial charge in [-0.1, -0.05) is 11.6 Å². The van der Waals surface area contributed by atoms with E-state index < -0.39 is 0 Å². The highest BCUT2D eigenvalue weighted by Crippen LogP contribution is 2.21. The Hall–Kier alpha value is -0.380. The number of ketones is 1. The Labute approximate surface area is 90.4 Å². The van der Waals surface area contributed by atoms with Crippen molar-refractivity contribution < 1.29 is 4.79 Å². The van der Waals surface area contributed by atoms with E-state index in [1.165, 1.54) is 0 Å². The van der Waals surface area contributed by atoms with Gasteiger partial charge in [-0.3, -0.25) is 4.79 Å². The van der Waals surface area contributed by atoms with Gasteiger partial charge in [0.2, 0.25) is 0 Å². The van der Waals surface area contributed by atoms with Gasteiger partial charge in [-0.15, -0.1) is 0 Å². The predicted molar refractivity (Wildman–Crippen MR) is 57.4 cm³/mol. The Morgan fingerprint density at radius 3 is 2.85 bits per heavy atom. The molecule has 0 aromatic heterocycles. The normalized spacial score (nSPS) is 10.1. The second kappa shape index (κ2) is 4.74. The number of rotatable bonds is 3. The van der Waals surface area contributed by atoms with Crippen molar-refractivity contribution in [2.24, 2.45) is 0 Å². The van der Waals surface area contributed by atoms with Crippen LogP contribution in [0, 0.1) is 0 Å². The van der Waals surface area contributed by atoms with E-state index in [1.807, 2.05) is 0 Å². The zero-order valence-electron chi connectivity index (χ0n) is 7.10. The van der Waals surface area contributed by atoms with Crippen LogP contribution in [0.15, 0.2) is 22.7 Å². The molecule has 0 fully saturated rings. The van der Waals surface area contributed by atoms with E-state index in [1.54, 1.807) is 25.2 Å². The first kappa shape index (κ1) is 10.7. The molecule has 1 N–H and O–H groups in total. The molecule has 1 aromatic rings. The van der Waals surface area contributed by atoms with Gasteiger partial charge in [-0.25, -0.2) is 0 Å². The molecule has 4 heteroatoms. The maximum Gasteiger partial charge on any atom is 0.177 e. The van der Waals surface area contributed by atoms with E-state index in [0.717, 1.165) is 4.47 Å². The highest BCUT2D eigenvalue weighted by Gasteiger charge is 2.08. The van der Waals surface area contributed by atoms with E-state index in [2.05, 4.69) is 21.2 Å². The van der Waals surface area contributed by atoms with E-state index in [9.17, 15) is 4.79 Å². The van der Waals surface area contributed by atoms with Crippen LogP contribution in [0.1, 0.15) is 10.4 Å². The Balaban J connectivity index is 2.95. The Morgan fingerprint density at radius 1 is 1.62 bits per heavy atom. The van der Waals surface area contributed by atoms with Crippen molar-refractivity contribution in [2.75, 3.05) is 13.6 Å². The summed E-state index contributed by atoms with van der Waals surface area (Å²) in [5.41, 5.74) is 0.652. The summed E-state index contributed by atoms with van der Waals surface area (Å²) >= 11 is 9.03. The number of hydrogen-bond donors (Lipinski definition) is 1. The summed E-state index contributed by atoms with van der Waals surface area (Å²) in [5.74, 6) is 0.0473. The number of carbonyl (C=O) groups excluding carboxylic acids is 1. The lowest BCUT2D eigenvalue weighted by molar-refractivity contribution is 0.0993. The van der Waals surface area contributed by atoms with Gasteiger partial charge in [0.05, 0.1) is 6.54 Å². The monoisotopic (exact) mass is 261 g/mol. The second-order valence-corrected chi connectivity index (χ2v) is 3.87. The first-order valence-corrected chi connectivity index (χ1v) is 4.95. The van der Waals surface area contributed by atoms with Crippen LogP contribution in [-0.2, 0) is 0 Å². The molecule has 0 aliphatic heterocycles. The fourth-order valence-corrected chi connectivity index (χ4v) is 1.88. The van der Waals surface area contributed by atoms with Crippen LogP contribution in [0.4, 0.5) is 0 Å². The van der Waals surface area contributed by atoms with E-state index in [4.69, 9.17) is 11.6 Å². The van der Waals surface area contributed by atoms with Crippen molar-refractivity contribution >= 4 is 33.3 Å². The highest BCUT2D eigenvalue weighted by atomic mass is 79.9. The summed E-state index contributed by atoms with van der Waals surface area (Å²) in [4.78, 5) is 11.4.